The zero-order valence-corrected chi connectivity index (χ0v) is 26.2. The van der Waals surface area contributed by atoms with E-state index in [4.69, 9.17) is 23.7 Å². The first-order valence-electron chi connectivity index (χ1n) is 14.3. The summed E-state index contributed by atoms with van der Waals surface area (Å²) in [7, 11) is 0. The second-order valence-electron chi connectivity index (χ2n) is 12.1. The van der Waals surface area contributed by atoms with Crippen LogP contribution >= 0.6 is 0 Å². The number of hydrogen-bond donors (Lipinski definition) is 0. The first-order valence-corrected chi connectivity index (χ1v) is 14.3. The molecule has 230 valence electrons. The number of carbonyl (C=O) groups is 3. The Morgan fingerprint density at radius 1 is 0.786 bits per heavy atom. The second-order valence-corrected chi connectivity index (χ2v) is 12.1. The van der Waals surface area contributed by atoms with Gasteiger partial charge in [0.25, 0.3) is 0 Å². The fourth-order valence-electron chi connectivity index (χ4n) is 3.76. The van der Waals surface area contributed by atoms with Gasteiger partial charge in [-0.15, -0.1) is 0 Å². The van der Waals surface area contributed by atoms with Crippen molar-refractivity contribution in [2.75, 3.05) is 13.2 Å². The maximum atomic E-state index is 13.3. The molecule has 8 heteroatoms. The van der Waals surface area contributed by atoms with Crippen LogP contribution in [0.5, 0.6) is 0 Å². The summed E-state index contributed by atoms with van der Waals surface area (Å²) in [5.41, 5.74) is 2.70. The quantitative estimate of drug-likeness (QED) is 0.146. The van der Waals surface area contributed by atoms with E-state index in [2.05, 4.69) is 32.0 Å². The van der Waals surface area contributed by atoms with Gasteiger partial charge >= 0.3 is 17.9 Å². The molecule has 0 bridgehead atoms. The molecule has 0 fully saturated rings. The molecule has 2 atom stereocenters. The Labute approximate surface area is 250 Å². The van der Waals surface area contributed by atoms with E-state index in [0.29, 0.717) is 12.8 Å². The molecule has 0 aliphatic heterocycles. The predicted octanol–water partition coefficient (Wildman–Crippen LogP) is 6.29. The van der Waals surface area contributed by atoms with Gasteiger partial charge in [-0.25, -0.2) is 14.4 Å². The SMILES string of the molecule is Cc1ccc(C=CCCCO[C@@H](C(=O)OCc2ccccc2)[C@@H](OCC(=O)OC(C)(C)C)C(=O)OC(C)(C)C)cc1C. The molecule has 0 unspecified atom stereocenters. The summed E-state index contributed by atoms with van der Waals surface area (Å²) in [6, 6.07) is 15.4. The number of rotatable bonds is 14. The highest BCUT2D eigenvalue weighted by molar-refractivity contribution is 5.86. The third-order valence-corrected chi connectivity index (χ3v) is 5.82. The number of ether oxygens (including phenoxy) is 5. The van der Waals surface area contributed by atoms with E-state index in [-0.39, 0.29) is 13.2 Å². The minimum absolute atomic E-state index is 0.0225. The number of aryl methyl sites for hydroxylation is 2. The number of allylic oxidation sites excluding steroid dienone is 1. The van der Waals surface area contributed by atoms with Crippen molar-refractivity contribution >= 4 is 24.0 Å². The topological polar surface area (TPSA) is 97.4 Å². The van der Waals surface area contributed by atoms with Crippen molar-refractivity contribution in [3.63, 3.8) is 0 Å². The van der Waals surface area contributed by atoms with Crippen LogP contribution in [-0.4, -0.2) is 54.5 Å². The maximum absolute atomic E-state index is 13.3. The van der Waals surface area contributed by atoms with Gasteiger partial charge in [0.2, 0.25) is 0 Å². The molecule has 0 N–H and O–H groups in total. The van der Waals surface area contributed by atoms with Gasteiger partial charge < -0.3 is 23.7 Å². The Kier molecular flexibility index (Phi) is 13.4. The highest BCUT2D eigenvalue weighted by atomic mass is 16.6. The van der Waals surface area contributed by atoms with Crippen LogP contribution < -0.4 is 0 Å². The van der Waals surface area contributed by atoms with Crippen LogP contribution in [0.3, 0.4) is 0 Å². The van der Waals surface area contributed by atoms with Crippen LogP contribution in [-0.2, 0) is 44.7 Å². The summed E-state index contributed by atoms with van der Waals surface area (Å²) < 4.78 is 27.9. The highest BCUT2D eigenvalue weighted by Gasteiger charge is 2.40. The van der Waals surface area contributed by atoms with Crippen molar-refractivity contribution in [2.45, 2.75) is 98.2 Å². The van der Waals surface area contributed by atoms with Crippen LogP contribution in [0.25, 0.3) is 6.08 Å². The average Bonchev–Trinajstić information content (AvgIpc) is 2.88. The summed E-state index contributed by atoms with van der Waals surface area (Å²) in [5, 5.41) is 0. The zero-order chi connectivity index (χ0) is 31.3. The monoisotopic (exact) mass is 582 g/mol. The summed E-state index contributed by atoms with van der Waals surface area (Å²) in [4.78, 5) is 38.9. The number of benzene rings is 2. The second kappa shape index (κ2) is 16.2. The van der Waals surface area contributed by atoms with Crippen LogP contribution in [0.4, 0.5) is 0 Å². The van der Waals surface area contributed by atoms with E-state index in [0.717, 1.165) is 11.1 Å². The third-order valence-electron chi connectivity index (χ3n) is 5.82. The summed E-state index contributed by atoms with van der Waals surface area (Å²) in [6.07, 6.45) is 2.29. The lowest BCUT2D eigenvalue weighted by Gasteiger charge is -2.28. The van der Waals surface area contributed by atoms with Gasteiger partial charge in [0.15, 0.2) is 12.2 Å². The Hall–Kier alpha value is -3.49. The van der Waals surface area contributed by atoms with Crippen LogP contribution in [0.15, 0.2) is 54.6 Å². The molecule has 0 amide bonds. The molecule has 0 spiro atoms. The molecular formula is C34H46O8. The van der Waals surface area contributed by atoms with E-state index >= 15 is 0 Å². The first kappa shape index (κ1) is 34.7. The molecule has 2 aromatic rings. The number of carbonyl (C=O) groups excluding carboxylic acids is 3. The normalized spacial score (nSPS) is 13.4. The van der Waals surface area contributed by atoms with E-state index < -0.39 is 47.9 Å². The molecule has 0 saturated heterocycles. The Morgan fingerprint density at radius 2 is 1.43 bits per heavy atom. The van der Waals surface area contributed by atoms with Crippen LogP contribution in [0.2, 0.25) is 0 Å². The van der Waals surface area contributed by atoms with Crippen molar-refractivity contribution in [3.05, 3.63) is 76.9 Å². The first-order chi connectivity index (χ1) is 19.6. The number of hydrogen-bond acceptors (Lipinski definition) is 8. The number of unbranched alkanes of at least 4 members (excludes halogenated alkanes) is 1. The lowest BCUT2D eigenvalue weighted by molar-refractivity contribution is -0.194. The molecule has 0 saturated carbocycles. The van der Waals surface area contributed by atoms with Crippen molar-refractivity contribution in [1.29, 1.82) is 0 Å². The average molecular weight is 583 g/mol. The molecule has 42 heavy (non-hydrogen) atoms. The van der Waals surface area contributed by atoms with Crippen molar-refractivity contribution in [3.8, 4) is 0 Å². The minimum Gasteiger partial charge on any atom is -0.459 e. The van der Waals surface area contributed by atoms with Gasteiger partial charge in [-0.1, -0.05) is 60.7 Å². The largest absolute Gasteiger partial charge is 0.459 e. The molecule has 0 heterocycles. The zero-order valence-electron chi connectivity index (χ0n) is 26.2. The van der Waals surface area contributed by atoms with Gasteiger partial charge in [-0.2, -0.15) is 0 Å². The molecule has 2 rings (SSSR count). The van der Waals surface area contributed by atoms with E-state index in [1.165, 1.54) is 11.1 Å². The highest BCUT2D eigenvalue weighted by Crippen LogP contribution is 2.18. The molecule has 0 radical (unpaired) electrons. The number of esters is 3. The van der Waals surface area contributed by atoms with Gasteiger partial charge in [-0.05, 0) is 90.5 Å². The Bertz CT molecular complexity index is 1190. The Morgan fingerprint density at radius 3 is 2.05 bits per heavy atom. The van der Waals surface area contributed by atoms with E-state index in [1.807, 2.05) is 42.5 Å². The minimum atomic E-state index is -1.55. The van der Waals surface area contributed by atoms with Gasteiger partial charge in [0, 0.05) is 6.61 Å². The van der Waals surface area contributed by atoms with Gasteiger partial charge in [0.1, 0.15) is 24.4 Å². The van der Waals surface area contributed by atoms with E-state index in [9.17, 15) is 14.4 Å². The van der Waals surface area contributed by atoms with Gasteiger partial charge in [-0.3, -0.25) is 0 Å². The van der Waals surface area contributed by atoms with Crippen molar-refractivity contribution < 1.29 is 38.1 Å². The lowest BCUT2D eigenvalue weighted by Crippen LogP contribution is -2.48. The fraction of sp³-hybridized carbons (Fsp3) is 0.500. The third kappa shape index (κ3) is 13.4. The Balaban J connectivity index is 2.16. The molecule has 0 aromatic heterocycles. The van der Waals surface area contributed by atoms with Gasteiger partial charge in [0.05, 0.1) is 0 Å². The molecule has 8 nitrogen and oxygen atoms in total. The molecule has 0 aliphatic carbocycles. The smallest absolute Gasteiger partial charge is 0.339 e. The summed E-state index contributed by atoms with van der Waals surface area (Å²) >= 11 is 0. The maximum Gasteiger partial charge on any atom is 0.339 e. The molecule has 2 aromatic carbocycles. The predicted molar refractivity (Wildman–Crippen MR) is 162 cm³/mol. The molecule has 0 aliphatic rings. The van der Waals surface area contributed by atoms with Crippen LogP contribution in [0.1, 0.15) is 76.6 Å². The van der Waals surface area contributed by atoms with Crippen molar-refractivity contribution in [1.82, 2.24) is 0 Å². The van der Waals surface area contributed by atoms with Crippen LogP contribution in [0, 0.1) is 13.8 Å². The lowest BCUT2D eigenvalue weighted by atomic mass is 10.1. The molecular weight excluding hydrogens is 536 g/mol. The summed E-state index contributed by atoms with van der Waals surface area (Å²) in [5.74, 6) is -2.34. The van der Waals surface area contributed by atoms with E-state index in [1.54, 1.807) is 41.5 Å². The van der Waals surface area contributed by atoms with Crippen molar-refractivity contribution in [2.24, 2.45) is 0 Å². The fourth-order valence-corrected chi connectivity index (χ4v) is 3.76. The summed E-state index contributed by atoms with van der Waals surface area (Å²) in [6.45, 7) is 13.9. The standard InChI is InChI=1S/C34H46O8/c1-24-18-19-26(21-25(24)2)15-13-10-14-20-38-29(31(36)40-22-27-16-11-9-12-17-27)30(32(37)42-34(6,7)8)39-23-28(35)41-33(3,4)5/h9,11-13,15-19,21,29-30H,10,14,20,22-23H2,1-8H3/t29-,30-/m1/s1.